The van der Waals surface area contributed by atoms with Crippen molar-refractivity contribution in [3.8, 4) is 5.75 Å². The van der Waals surface area contributed by atoms with E-state index >= 15 is 0 Å². The molecule has 0 aliphatic carbocycles. The second kappa shape index (κ2) is 4.61. The zero-order valence-electron chi connectivity index (χ0n) is 10.0. The van der Waals surface area contributed by atoms with Crippen molar-refractivity contribution in [3.05, 3.63) is 30.3 Å². The molecule has 98 valence electrons. The van der Waals surface area contributed by atoms with E-state index in [4.69, 9.17) is 4.74 Å². The van der Waals surface area contributed by atoms with E-state index in [2.05, 4.69) is 5.32 Å². The van der Waals surface area contributed by atoms with E-state index in [1.807, 2.05) is 6.07 Å². The average molecular weight is 269 g/mol. The molecule has 1 atom stereocenters. The van der Waals surface area contributed by atoms with Crippen molar-refractivity contribution in [1.82, 2.24) is 5.32 Å². The van der Waals surface area contributed by atoms with Gasteiger partial charge in [0, 0.05) is 0 Å². The number of benzene rings is 1. The Morgan fingerprint density at radius 2 is 2.00 bits per heavy atom. The highest BCUT2D eigenvalue weighted by Crippen LogP contribution is 2.23. The van der Waals surface area contributed by atoms with Crippen molar-refractivity contribution in [1.29, 1.82) is 0 Å². The Balaban J connectivity index is 1.96. The summed E-state index contributed by atoms with van der Waals surface area (Å²) in [6.07, 6.45) is -0.208. The monoisotopic (exact) mass is 269 g/mol. The van der Waals surface area contributed by atoms with Crippen LogP contribution in [0.4, 0.5) is 4.79 Å². The van der Waals surface area contributed by atoms with Gasteiger partial charge in [0.2, 0.25) is 0 Å². The molecule has 6 heteroatoms. The molecular weight excluding hydrogens is 254 g/mol. The molecule has 0 unspecified atom stereocenters. The van der Waals surface area contributed by atoms with Crippen LogP contribution in [0.25, 0.3) is 0 Å². The third-order valence-corrected chi connectivity index (χ3v) is 4.76. The Bertz CT molecular complexity index is 540. The first-order chi connectivity index (χ1) is 8.39. The van der Waals surface area contributed by atoms with Gasteiger partial charge in [0.1, 0.15) is 5.75 Å². The molecule has 0 bridgehead atoms. The fraction of sp³-hybridized carbons (Fsp3) is 0.417. The molecule has 1 aromatic carbocycles. The van der Waals surface area contributed by atoms with Gasteiger partial charge in [0.25, 0.3) is 0 Å². The van der Waals surface area contributed by atoms with Crippen LogP contribution in [-0.4, -0.2) is 31.6 Å². The third-order valence-electron chi connectivity index (χ3n) is 2.86. The van der Waals surface area contributed by atoms with E-state index < -0.39 is 21.5 Å². The normalized spacial score (nSPS) is 25.6. The van der Waals surface area contributed by atoms with E-state index in [-0.39, 0.29) is 11.5 Å². The molecule has 1 N–H and O–H groups in total. The molecule has 1 aliphatic heterocycles. The zero-order valence-corrected chi connectivity index (χ0v) is 10.9. The fourth-order valence-corrected chi connectivity index (χ4v) is 4.07. The van der Waals surface area contributed by atoms with E-state index in [0.29, 0.717) is 12.2 Å². The minimum Gasteiger partial charge on any atom is -0.410 e. The Morgan fingerprint density at radius 3 is 2.56 bits per heavy atom. The van der Waals surface area contributed by atoms with Crippen LogP contribution in [-0.2, 0) is 9.84 Å². The van der Waals surface area contributed by atoms with Gasteiger partial charge in [0.05, 0.1) is 17.0 Å². The van der Waals surface area contributed by atoms with E-state index in [0.717, 1.165) is 0 Å². The largest absolute Gasteiger partial charge is 0.413 e. The molecule has 1 fully saturated rings. The van der Waals surface area contributed by atoms with Gasteiger partial charge >= 0.3 is 6.09 Å². The van der Waals surface area contributed by atoms with Gasteiger partial charge in [0.15, 0.2) is 9.84 Å². The van der Waals surface area contributed by atoms with Crippen molar-refractivity contribution in [2.45, 2.75) is 18.9 Å². The van der Waals surface area contributed by atoms with Crippen molar-refractivity contribution >= 4 is 15.9 Å². The lowest BCUT2D eigenvalue weighted by atomic mass is 10.0. The molecule has 5 nitrogen and oxygen atoms in total. The topological polar surface area (TPSA) is 72.5 Å². The molecule has 0 aromatic heterocycles. The maximum atomic E-state index is 11.7. The number of ether oxygens (including phenoxy) is 1. The maximum Gasteiger partial charge on any atom is 0.413 e. The molecule has 1 heterocycles. The standard InChI is InChI=1S/C12H15NO4S/c1-12(7-8-18(15,16)9-12)13-11(14)17-10-5-3-2-4-6-10/h2-6H,7-9H2,1H3,(H,13,14)/t12-/m1/s1. The molecule has 1 saturated heterocycles. The number of carbonyl (C=O) groups excluding carboxylic acids is 1. The summed E-state index contributed by atoms with van der Waals surface area (Å²) in [4.78, 5) is 11.7. The van der Waals surface area contributed by atoms with Gasteiger partial charge in [-0.05, 0) is 25.5 Å². The van der Waals surface area contributed by atoms with Crippen LogP contribution < -0.4 is 10.1 Å². The number of para-hydroxylation sites is 1. The summed E-state index contributed by atoms with van der Waals surface area (Å²) in [5, 5.41) is 2.62. The number of nitrogens with one attached hydrogen (secondary N) is 1. The number of hydrogen-bond acceptors (Lipinski definition) is 4. The van der Waals surface area contributed by atoms with E-state index in [9.17, 15) is 13.2 Å². The van der Waals surface area contributed by atoms with Crippen molar-refractivity contribution < 1.29 is 17.9 Å². The molecule has 1 aromatic rings. The van der Waals surface area contributed by atoms with Gasteiger partial charge < -0.3 is 10.1 Å². The summed E-state index contributed by atoms with van der Waals surface area (Å²) in [7, 11) is -3.04. The Labute approximate surface area is 106 Å². The quantitative estimate of drug-likeness (QED) is 0.879. The van der Waals surface area contributed by atoms with Gasteiger partial charge in [-0.1, -0.05) is 18.2 Å². The van der Waals surface area contributed by atoms with Gasteiger partial charge in [-0.25, -0.2) is 13.2 Å². The molecule has 0 radical (unpaired) electrons. The molecule has 1 amide bonds. The molecule has 2 rings (SSSR count). The van der Waals surface area contributed by atoms with Gasteiger partial charge in [-0.2, -0.15) is 0 Å². The number of sulfone groups is 1. The summed E-state index contributed by atoms with van der Waals surface area (Å²) in [6, 6.07) is 8.64. The highest BCUT2D eigenvalue weighted by atomic mass is 32.2. The lowest BCUT2D eigenvalue weighted by Crippen LogP contribution is -2.48. The summed E-state index contributed by atoms with van der Waals surface area (Å²) in [6.45, 7) is 1.71. The third kappa shape index (κ3) is 3.22. The summed E-state index contributed by atoms with van der Waals surface area (Å²) in [5.41, 5.74) is -0.731. The number of carbonyl (C=O) groups is 1. The Morgan fingerprint density at radius 1 is 1.33 bits per heavy atom. The second-order valence-electron chi connectivity index (χ2n) is 4.73. The first-order valence-corrected chi connectivity index (χ1v) is 7.46. The van der Waals surface area contributed by atoms with Crippen LogP contribution in [0.1, 0.15) is 13.3 Å². The number of amides is 1. The van der Waals surface area contributed by atoms with Crippen LogP contribution in [0.5, 0.6) is 5.75 Å². The molecule has 0 spiro atoms. The minimum absolute atomic E-state index is 0.0378. The summed E-state index contributed by atoms with van der Waals surface area (Å²) >= 11 is 0. The first-order valence-electron chi connectivity index (χ1n) is 5.64. The van der Waals surface area contributed by atoms with Crippen molar-refractivity contribution in [2.75, 3.05) is 11.5 Å². The zero-order chi connectivity index (χ0) is 13.2. The lowest BCUT2D eigenvalue weighted by Gasteiger charge is -2.23. The molecule has 18 heavy (non-hydrogen) atoms. The van der Waals surface area contributed by atoms with Gasteiger partial charge in [-0.3, -0.25) is 0 Å². The Hall–Kier alpha value is -1.56. The van der Waals surface area contributed by atoms with Crippen LogP contribution in [0.15, 0.2) is 30.3 Å². The average Bonchev–Trinajstić information content (AvgIpc) is 2.53. The first kappa shape index (κ1) is 12.9. The SMILES string of the molecule is C[C@@]1(NC(=O)Oc2ccccc2)CCS(=O)(=O)C1. The van der Waals surface area contributed by atoms with Crippen LogP contribution >= 0.6 is 0 Å². The predicted molar refractivity (Wildman–Crippen MR) is 67.3 cm³/mol. The number of rotatable bonds is 2. The van der Waals surface area contributed by atoms with Crippen molar-refractivity contribution in [3.63, 3.8) is 0 Å². The van der Waals surface area contributed by atoms with Crippen LogP contribution in [0, 0.1) is 0 Å². The van der Waals surface area contributed by atoms with Crippen LogP contribution in [0.2, 0.25) is 0 Å². The lowest BCUT2D eigenvalue weighted by molar-refractivity contribution is 0.189. The van der Waals surface area contributed by atoms with Crippen molar-refractivity contribution in [2.24, 2.45) is 0 Å². The minimum atomic E-state index is -3.04. The summed E-state index contributed by atoms with van der Waals surface area (Å²) in [5.74, 6) is 0.499. The predicted octanol–water partition coefficient (Wildman–Crippen LogP) is 1.35. The highest BCUT2D eigenvalue weighted by Gasteiger charge is 2.39. The van der Waals surface area contributed by atoms with E-state index in [1.165, 1.54) is 0 Å². The molecular formula is C12H15NO4S. The molecule has 1 aliphatic rings. The second-order valence-corrected chi connectivity index (χ2v) is 6.91. The van der Waals surface area contributed by atoms with E-state index in [1.54, 1.807) is 31.2 Å². The van der Waals surface area contributed by atoms with Crippen LogP contribution in [0.3, 0.4) is 0 Å². The highest BCUT2D eigenvalue weighted by molar-refractivity contribution is 7.91. The Kier molecular flexibility index (Phi) is 3.30. The maximum absolute atomic E-state index is 11.7. The smallest absolute Gasteiger partial charge is 0.410 e. The summed E-state index contributed by atoms with van der Waals surface area (Å²) < 4.78 is 27.9. The fourth-order valence-electron chi connectivity index (χ4n) is 1.98. The molecule has 0 saturated carbocycles. The number of hydrogen-bond donors (Lipinski definition) is 1. The van der Waals surface area contributed by atoms with Gasteiger partial charge in [-0.15, -0.1) is 0 Å².